The molecule has 0 heterocycles. The second-order valence-corrected chi connectivity index (χ2v) is 7.45. The SMILES string of the molecule is COc1cc(CCNS(=O)(=O)c2ccc(C)c(Cl)c2)cc(OC)c1. The lowest BCUT2D eigenvalue weighted by Gasteiger charge is -2.10. The fraction of sp³-hybridized carbons (Fsp3) is 0.294. The normalized spacial score (nSPS) is 11.3. The number of halogens is 1. The van der Waals surface area contributed by atoms with E-state index in [1.165, 1.54) is 12.1 Å². The molecule has 0 aliphatic rings. The summed E-state index contributed by atoms with van der Waals surface area (Å²) in [4.78, 5) is 0.154. The quantitative estimate of drug-likeness (QED) is 0.814. The zero-order valence-corrected chi connectivity index (χ0v) is 15.4. The van der Waals surface area contributed by atoms with Crippen LogP contribution in [0.5, 0.6) is 11.5 Å². The summed E-state index contributed by atoms with van der Waals surface area (Å²) in [6.45, 7) is 2.08. The molecule has 130 valence electrons. The van der Waals surface area contributed by atoms with Crippen molar-refractivity contribution >= 4 is 21.6 Å². The van der Waals surface area contributed by atoms with Crippen LogP contribution in [0.3, 0.4) is 0 Å². The smallest absolute Gasteiger partial charge is 0.240 e. The maximum Gasteiger partial charge on any atom is 0.240 e. The molecular weight excluding hydrogens is 350 g/mol. The number of benzene rings is 2. The second-order valence-electron chi connectivity index (χ2n) is 5.28. The van der Waals surface area contributed by atoms with E-state index in [1.54, 1.807) is 26.4 Å². The number of ether oxygens (including phenoxy) is 2. The Labute approximate surface area is 147 Å². The summed E-state index contributed by atoms with van der Waals surface area (Å²) in [6.07, 6.45) is 0.506. The summed E-state index contributed by atoms with van der Waals surface area (Å²) < 4.78 is 37.6. The molecule has 1 N–H and O–H groups in total. The molecule has 0 saturated heterocycles. The van der Waals surface area contributed by atoms with Crippen molar-refractivity contribution < 1.29 is 17.9 Å². The molecule has 0 aliphatic heterocycles. The molecule has 7 heteroatoms. The maximum absolute atomic E-state index is 12.3. The highest BCUT2D eigenvalue weighted by Crippen LogP contribution is 2.23. The minimum Gasteiger partial charge on any atom is -0.497 e. The third-order valence-corrected chi connectivity index (χ3v) is 5.44. The second kappa shape index (κ2) is 7.88. The van der Waals surface area contributed by atoms with Crippen molar-refractivity contribution in [3.63, 3.8) is 0 Å². The highest BCUT2D eigenvalue weighted by atomic mass is 35.5. The van der Waals surface area contributed by atoms with Gasteiger partial charge in [-0.1, -0.05) is 17.7 Å². The summed E-state index contributed by atoms with van der Waals surface area (Å²) in [7, 11) is -0.454. The van der Waals surface area contributed by atoms with E-state index in [0.29, 0.717) is 22.9 Å². The molecule has 0 saturated carbocycles. The van der Waals surface area contributed by atoms with E-state index < -0.39 is 10.0 Å². The van der Waals surface area contributed by atoms with Crippen LogP contribution in [0.1, 0.15) is 11.1 Å². The van der Waals surface area contributed by atoms with Crippen molar-refractivity contribution in [2.75, 3.05) is 20.8 Å². The molecule has 0 atom stereocenters. The highest BCUT2D eigenvalue weighted by molar-refractivity contribution is 7.89. The number of sulfonamides is 1. The molecule has 0 radical (unpaired) electrons. The first-order valence-electron chi connectivity index (χ1n) is 7.33. The van der Waals surface area contributed by atoms with E-state index in [0.717, 1.165) is 11.1 Å². The summed E-state index contributed by atoms with van der Waals surface area (Å²) in [6, 6.07) is 10.1. The van der Waals surface area contributed by atoms with Gasteiger partial charge in [0.25, 0.3) is 0 Å². The van der Waals surface area contributed by atoms with Gasteiger partial charge in [0.1, 0.15) is 11.5 Å². The number of aryl methyl sites for hydroxylation is 1. The Balaban J connectivity index is 2.06. The molecule has 5 nitrogen and oxygen atoms in total. The largest absolute Gasteiger partial charge is 0.497 e. The average Bonchev–Trinajstić information content (AvgIpc) is 2.56. The third-order valence-electron chi connectivity index (χ3n) is 3.57. The number of hydrogen-bond acceptors (Lipinski definition) is 4. The van der Waals surface area contributed by atoms with Crippen LogP contribution in [0, 0.1) is 6.92 Å². The minimum absolute atomic E-state index is 0.154. The van der Waals surface area contributed by atoms with Crippen molar-refractivity contribution in [2.24, 2.45) is 0 Å². The van der Waals surface area contributed by atoms with Gasteiger partial charge in [0.2, 0.25) is 10.0 Å². The van der Waals surface area contributed by atoms with Crippen molar-refractivity contribution in [1.82, 2.24) is 4.72 Å². The van der Waals surface area contributed by atoms with Gasteiger partial charge in [-0.15, -0.1) is 0 Å². The number of nitrogens with one attached hydrogen (secondary N) is 1. The molecule has 0 amide bonds. The molecule has 2 aromatic rings. The highest BCUT2D eigenvalue weighted by Gasteiger charge is 2.14. The monoisotopic (exact) mass is 369 g/mol. The van der Waals surface area contributed by atoms with Crippen molar-refractivity contribution in [3.05, 3.63) is 52.5 Å². The Morgan fingerprint density at radius 3 is 2.21 bits per heavy atom. The fourth-order valence-corrected chi connectivity index (χ4v) is 3.47. The third kappa shape index (κ3) is 4.63. The summed E-state index contributed by atoms with van der Waals surface area (Å²) in [5.41, 5.74) is 1.75. The van der Waals surface area contributed by atoms with Crippen LogP contribution in [0.2, 0.25) is 5.02 Å². The Bertz CT molecular complexity index is 799. The van der Waals surface area contributed by atoms with Gasteiger partial charge in [-0.2, -0.15) is 0 Å². The van der Waals surface area contributed by atoms with Gasteiger partial charge in [0.05, 0.1) is 19.1 Å². The molecule has 0 spiro atoms. The Morgan fingerprint density at radius 2 is 1.67 bits per heavy atom. The van der Waals surface area contributed by atoms with Crippen LogP contribution in [0.15, 0.2) is 41.3 Å². The molecule has 0 aliphatic carbocycles. The summed E-state index contributed by atoms with van der Waals surface area (Å²) in [5, 5.41) is 0.426. The minimum atomic E-state index is -3.60. The van der Waals surface area contributed by atoms with Gasteiger partial charge in [0, 0.05) is 17.6 Å². The van der Waals surface area contributed by atoms with Crippen molar-refractivity contribution in [2.45, 2.75) is 18.2 Å². The van der Waals surface area contributed by atoms with E-state index in [4.69, 9.17) is 21.1 Å². The first-order chi connectivity index (χ1) is 11.4. The first kappa shape index (κ1) is 18.6. The topological polar surface area (TPSA) is 64.6 Å². The standard InChI is InChI=1S/C17H20ClNO4S/c1-12-4-5-16(11-17(12)18)24(20,21)19-7-6-13-8-14(22-2)10-15(9-13)23-3/h4-5,8-11,19H,6-7H2,1-3H3. The van der Waals surface area contributed by atoms with Crippen molar-refractivity contribution in [3.8, 4) is 11.5 Å². The lowest BCUT2D eigenvalue weighted by atomic mass is 10.1. The van der Waals surface area contributed by atoms with Gasteiger partial charge in [-0.05, 0) is 48.7 Å². The van der Waals surface area contributed by atoms with Crippen LogP contribution in [-0.4, -0.2) is 29.2 Å². The average molecular weight is 370 g/mol. The van der Waals surface area contributed by atoms with Gasteiger partial charge in [-0.3, -0.25) is 0 Å². The molecule has 24 heavy (non-hydrogen) atoms. The van der Waals surface area contributed by atoms with Crippen LogP contribution >= 0.6 is 11.6 Å². The molecule has 2 aromatic carbocycles. The zero-order valence-electron chi connectivity index (χ0n) is 13.8. The van der Waals surface area contributed by atoms with Gasteiger partial charge in [0.15, 0.2) is 0 Å². The van der Waals surface area contributed by atoms with Gasteiger partial charge < -0.3 is 9.47 Å². The van der Waals surface area contributed by atoms with E-state index in [-0.39, 0.29) is 11.4 Å². The fourth-order valence-electron chi connectivity index (χ4n) is 2.16. The zero-order chi connectivity index (χ0) is 17.7. The van der Waals surface area contributed by atoms with Gasteiger partial charge >= 0.3 is 0 Å². The van der Waals surface area contributed by atoms with E-state index in [1.807, 2.05) is 19.1 Å². The Kier molecular flexibility index (Phi) is 6.10. The molecule has 0 aromatic heterocycles. The molecule has 0 unspecified atom stereocenters. The van der Waals surface area contributed by atoms with E-state index >= 15 is 0 Å². The summed E-state index contributed by atoms with van der Waals surface area (Å²) >= 11 is 6.00. The lowest BCUT2D eigenvalue weighted by Crippen LogP contribution is -2.26. The van der Waals surface area contributed by atoms with Crippen LogP contribution in [-0.2, 0) is 16.4 Å². The van der Waals surface area contributed by atoms with Crippen molar-refractivity contribution in [1.29, 1.82) is 0 Å². The predicted molar refractivity (Wildman–Crippen MR) is 94.6 cm³/mol. The molecular formula is C17H20ClNO4S. The molecule has 2 rings (SSSR count). The van der Waals surface area contributed by atoms with Crippen LogP contribution in [0.4, 0.5) is 0 Å². The maximum atomic E-state index is 12.3. The van der Waals surface area contributed by atoms with Crippen LogP contribution < -0.4 is 14.2 Å². The molecule has 0 bridgehead atoms. The number of methoxy groups -OCH3 is 2. The summed E-state index contributed by atoms with van der Waals surface area (Å²) in [5.74, 6) is 1.33. The Morgan fingerprint density at radius 1 is 1.04 bits per heavy atom. The predicted octanol–water partition coefficient (Wildman–Crippen LogP) is 3.19. The Hall–Kier alpha value is -1.76. The number of hydrogen-bond donors (Lipinski definition) is 1. The van der Waals surface area contributed by atoms with Crippen LogP contribution in [0.25, 0.3) is 0 Å². The molecule has 0 fully saturated rings. The van der Waals surface area contributed by atoms with Gasteiger partial charge in [-0.25, -0.2) is 13.1 Å². The van der Waals surface area contributed by atoms with E-state index in [2.05, 4.69) is 4.72 Å². The lowest BCUT2D eigenvalue weighted by molar-refractivity contribution is 0.393. The first-order valence-corrected chi connectivity index (χ1v) is 9.19. The van der Waals surface area contributed by atoms with E-state index in [9.17, 15) is 8.42 Å². The number of rotatable bonds is 7.